The Balaban J connectivity index is 1.79. The normalized spacial score (nSPS) is 15.8. The van der Waals surface area contributed by atoms with Crippen LogP contribution < -0.4 is 0 Å². The predicted octanol–water partition coefficient (Wildman–Crippen LogP) is 3.34. The van der Waals surface area contributed by atoms with Gasteiger partial charge >= 0.3 is 0 Å². The van der Waals surface area contributed by atoms with Gasteiger partial charge in [-0.2, -0.15) is 5.10 Å². The highest BCUT2D eigenvalue weighted by molar-refractivity contribution is 5.69. The van der Waals surface area contributed by atoms with Crippen LogP contribution in [-0.4, -0.2) is 34.3 Å². The number of likely N-dealkylation sites (tertiary alicyclic amines) is 1. The van der Waals surface area contributed by atoms with Crippen molar-refractivity contribution in [3.8, 4) is 11.1 Å². The molecule has 112 valence electrons. The first-order chi connectivity index (χ1) is 10.1. The Bertz CT molecular complexity index is 621. The van der Waals surface area contributed by atoms with E-state index in [0.29, 0.717) is 0 Å². The molecule has 3 rings (SSSR count). The van der Waals surface area contributed by atoms with Crippen molar-refractivity contribution in [2.24, 2.45) is 7.05 Å². The largest absolute Gasteiger partial charge is 0.303 e. The van der Waals surface area contributed by atoms with Gasteiger partial charge in [0.1, 0.15) is 0 Å². The monoisotopic (exact) mass is 283 g/mol. The zero-order valence-electron chi connectivity index (χ0n) is 13.4. The highest BCUT2D eigenvalue weighted by Crippen LogP contribution is 2.27. The summed E-state index contributed by atoms with van der Waals surface area (Å²) in [7, 11) is 2.02. The molecule has 0 N–H and O–H groups in total. The lowest BCUT2D eigenvalue weighted by Gasteiger charge is -2.14. The molecule has 0 unspecified atom stereocenters. The SMILES string of the molecule is Cc1nn(C)c(C)c1-c1cccc(CCN2CCCC2)c1. The van der Waals surface area contributed by atoms with Crippen molar-refractivity contribution in [2.75, 3.05) is 19.6 Å². The predicted molar refractivity (Wildman–Crippen MR) is 87.5 cm³/mol. The van der Waals surface area contributed by atoms with Crippen LogP contribution in [-0.2, 0) is 13.5 Å². The maximum absolute atomic E-state index is 4.53. The van der Waals surface area contributed by atoms with Gasteiger partial charge in [-0.05, 0) is 57.3 Å². The van der Waals surface area contributed by atoms with E-state index in [1.54, 1.807) is 0 Å². The van der Waals surface area contributed by atoms with Crippen LogP contribution in [0.2, 0.25) is 0 Å². The molecule has 2 aromatic rings. The van der Waals surface area contributed by atoms with Crippen LogP contribution in [0, 0.1) is 13.8 Å². The van der Waals surface area contributed by atoms with Gasteiger partial charge in [0.05, 0.1) is 5.69 Å². The van der Waals surface area contributed by atoms with Gasteiger partial charge in [0.2, 0.25) is 0 Å². The third-order valence-corrected chi connectivity index (χ3v) is 4.64. The third-order valence-electron chi connectivity index (χ3n) is 4.64. The standard InChI is InChI=1S/C18H25N3/c1-14-18(15(2)20(3)19-14)17-8-6-7-16(13-17)9-12-21-10-4-5-11-21/h6-8,13H,4-5,9-12H2,1-3H3. The smallest absolute Gasteiger partial charge is 0.0674 e. The second-order valence-corrected chi connectivity index (χ2v) is 6.17. The van der Waals surface area contributed by atoms with Crippen LogP contribution in [0.5, 0.6) is 0 Å². The Kier molecular flexibility index (Phi) is 4.11. The first-order valence-corrected chi connectivity index (χ1v) is 7.97. The number of hydrogen-bond acceptors (Lipinski definition) is 2. The average molecular weight is 283 g/mol. The number of aryl methyl sites for hydroxylation is 2. The molecule has 0 bridgehead atoms. The van der Waals surface area contributed by atoms with Crippen LogP contribution in [0.25, 0.3) is 11.1 Å². The van der Waals surface area contributed by atoms with E-state index in [9.17, 15) is 0 Å². The molecule has 0 amide bonds. The van der Waals surface area contributed by atoms with Crippen molar-refractivity contribution < 1.29 is 0 Å². The fourth-order valence-electron chi connectivity index (χ4n) is 3.37. The first kappa shape index (κ1) is 14.3. The van der Waals surface area contributed by atoms with Gasteiger partial charge in [0.25, 0.3) is 0 Å². The van der Waals surface area contributed by atoms with E-state index < -0.39 is 0 Å². The van der Waals surface area contributed by atoms with E-state index in [0.717, 1.165) is 12.1 Å². The average Bonchev–Trinajstić information content (AvgIpc) is 3.06. The molecule has 1 aliphatic heterocycles. The Morgan fingerprint density at radius 3 is 2.57 bits per heavy atom. The topological polar surface area (TPSA) is 21.1 Å². The second-order valence-electron chi connectivity index (χ2n) is 6.17. The molecule has 0 aliphatic carbocycles. The van der Waals surface area contributed by atoms with E-state index in [1.807, 2.05) is 11.7 Å². The maximum atomic E-state index is 4.53. The number of hydrogen-bond donors (Lipinski definition) is 0. The summed E-state index contributed by atoms with van der Waals surface area (Å²) in [5, 5.41) is 4.53. The molecule has 0 saturated carbocycles. The molecule has 1 saturated heterocycles. The van der Waals surface area contributed by atoms with Crippen molar-refractivity contribution in [3.05, 3.63) is 41.2 Å². The van der Waals surface area contributed by atoms with Gasteiger partial charge in [0.15, 0.2) is 0 Å². The quantitative estimate of drug-likeness (QED) is 0.858. The van der Waals surface area contributed by atoms with Crippen molar-refractivity contribution in [1.82, 2.24) is 14.7 Å². The molecule has 2 heterocycles. The minimum absolute atomic E-state index is 1.12. The Labute approximate surface area is 127 Å². The summed E-state index contributed by atoms with van der Waals surface area (Å²) >= 11 is 0. The summed E-state index contributed by atoms with van der Waals surface area (Å²) in [6, 6.07) is 8.98. The number of benzene rings is 1. The van der Waals surface area contributed by atoms with Gasteiger partial charge in [-0.3, -0.25) is 4.68 Å². The molecule has 1 aliphatic rings. The summed E-state index contributed by atoms with van der Waals surface area (Å²) in [4.78, 5) is 2.58. The van der Waals surface area contributed by atoms with E-state index in [-0.39, 0.29) is 0 Å². The van der Waals surface area contributed by atoms with E-state index >= 15 is 0 Å². The summed E-state index contributed by atoms with van der Waals surface area (Å²) < 4.78 is 1.97. The van der Waals surface area contributed by atoms with Crippen molar-refractivity contribution in [2.45, 2.75) is 33.1 Å². The van der Waals surface area contributed by atoms with Crippen molar-refractivity contribution in [1.29, 1.82) is 0 Å². The Morgan fingerprint density at radius 2 is 1.90 bits per heavy atom. The lowest BCUT2D eigenvalue weighted by Crippen LogP contribution is -2.21. The number of aromatic nitrogens is 2. The fraction of sp³-hybridized carbons (Fsp3) is 0.500. The molecule has 0 atom stereocenters. The molecule has 1 aromatic heterocycles. The van der Waals surface area contributed by atoms with Crippen molar-refractivity contribution >= 4 is 0 Å². The van der Waals surface area contributed by atoms with E-state index in [2.05, 4.69) is 48.1 Å². The lowest BCUT2D eigenvalue weighted by molar-refractivity contribution is 0.343. The van der Waals surface area contributed by atoms with E-state index in [1.165, 1.54) is 54.9 Å². The molecule has 21 heavy (non-hydrogen) atoms. The van der Waals surface area contributed by atoms with Crippen LogP contribution >= 0.6 is 0 Å². The zero-order valence-corrected chi connectivity index (χ0v) is 13.4. The van der Waals surface area contributed by atoms with Crippen LogP contribution in [0.15, 0.2) is 24.3 Å². The lowest BCUT2D eigenvalue weighted by atomic mass is 10.0. The van der Waals surface area contributed by atoms with Gasteiger partial charge in [-0.25, -0.2) is 0 Å². The molecule has 0 spiro atoms. The minimum Gasteiger partial charge on any atom is -0.303 e. The van der Waals surface area contributed by atoms with Gasteiger partial charge < -0.3 is 4.90 Å². The summed E-state index contributed by atoms with van der Waals surface area (Å²) in [5.74, 6) is 0. The zero-order chi connectivity index (χ0) is 14.8. The Hall–Kier alpha value is -1.61. The van der Waals surface area contributed by atoms with Gasteiger partial charge in [-0.1, -0.05) is 24.3 Å². The minimum atomic E-state index is 1.12. The van der Waals surface area contributed by atoms with Gasteiger partial charge in [-0.15, -0.1) is 0 Å². The molecular formula is C18H25N3. The highest BCUT2D eigenvalue weighted by atomic mass is 15.3. The second kappa shape index (κ2) is 6.02. The maximum Gasteiger partial charge on any atom is 0.0674 e. The molecule has 0 radical (unpaired) electrons. The molecule has 1 fully saturated rings. The van der Waals surface area contributed by atoms with Crippen molar-refractivity contribution in [3.63, 3.8) is 0 Å². The molecule has 1 aromatic carbocycles. The summed E-state index contributed by atoms with van der Waals surface area (Å²) in [5.41, 5.74) is 6.38. The fourth-order valence-corrected chi connectivity index (χ4v) is 3.37. The Morgan fingerprint density at radius 1 is 1.14 bits per heavy atom. The third kappa shape index (κ3) is 3.03. The van der Waals surface area contributed by atoms with Crippen LogP contribution in [0.4, 0.5) is 0 Å². The van der Waals surface area contributed by atoms with Gasteiger partial charge in [0, 0.05) is 24.8 Å². The molecule has 3 nitrogen and oxygen atoms in total. The van der Waals surface area contributed by atoms with Crippen LogP contribution in [0.1, 0.15) is 29.8 Å². The number of rotatable bonds is 4. The van der Waals surface area contributed by atoms with Crippen LogP contribution in [0.3, 0.4) is 0 Å². The molecular weight excluding hydrogens is 258 g/mol. The summed E-state index contributed by atoms with van der Waals surface area (Å²) in [6.45, 7) is 7.99. The first-order valence-electron chi connectivity index (χ1n) is 7.97. The summed E-state index contributed by atoms with van der Waals surface area (Å²) in [6.07, 6.45) is 3.88. The van der Waals surface area contributed by atoms with E-state index in [4.69, 9.17) is 0 Å². The number of nitrogens with zero attached hydrogens (tertiary/aromatic N) is 3. The molecule has 3 heteroatoms. The highest BCUT2D eigenvalue weighted by Gasteiger charge is 2.13.